The number of benzene rings is 1. The van der Waals surface area contributed by atoms with E-state index in [-0.39, 0.29) is 4.90 Å². The van der Waals surface area contributed by atoms with Crippen LogP contribution in [0.15, 0.2) is 23.1 Å². The van der Waals surface area contributed by atoms with Crippen LogP contribution < -0.4 is 4.89 Å². The fourth-order valence-electron chi connectivity index (χ4n) is 1.33. The Bertz CT molecular complexity index is 526. The first-order valence-electron chi connectivity index (χ1n) is 4.89. The number of alkyl halides is 3. The van der Waals surface area contributed by atoms with Gasteiger partial charge < -0.3 is 0 Å². The Kier molecular flexibility index (Phi) is 4.36. The molecule has 0 heterocycles. The molecule has 0 aliphatic heterocycles. The van der Waals surface area contributed by atoms with Gasteiger partial charge in [-0.2, -0.15) is 13.2 Å². The van der Waals surface area contributed by atoms with Crippen LogP contribution in [0.25, 0.3) is 0 Å². The van der Waals surface area contributed by atoms with E-state index in [1.165, 1.54) is 11.0 Å². The van der Waals surface area contributed by atoms with E-state index in [0.717, 1.165) is 5.56 Å². The van der Waals surface area contributed by atoms with Gasteiger partial charge >= 0.3 is 6.18 Å². The van der Waals surface area contributed by atoms with Crippen LogP contribution in [0.3, 0.4) is 0 Å². The zero-order valence-electron chi connectivity index (χ0n) is 9.71. The molecule has 0 aliphatic carbocycles. The fourth-order valence-corrected chi connectivity index (χ4v) is 2.37. The first-order chi connectivity index (χ1) is 8.12. The molecule has 0 aliphatic rings. The highest BCUT2D eigenvalue weighted by Gasteiger charge is 2.29. The first kappa shape index (κ1) is 14.9. The quantitative estimate of drug-likeness (QED) is 0.861. The van der Waals surface area contributed by atoms with E-state index in [1.54, 1.807) is 26.0 Å². The van der Waals surface area contributed by atoms with Crippen LogP contribution in [0.4, 0.5) is 13.2 Å². The van der Waals surface area contributed by atoms with Crippen LogP contribution in [0.5, 0.6) is 0 Å². The molecule has 0 spiro atoms. The molecule has 0 radical (unpaired) electrons. The van der Waals surface area contributed by atoms with Crippen LogP contribution in [-0.2, 0) is 14.9 Å². The van der Waals surface area contributed by atoms with Gasteiger partial charge in [0.25, 0.3) is 10.0 Å². The van der Waals surface area contributed by atoms with Gasteiger partial charge in [-0.3, -0.25) is 4.84 Å². The van der Waals surface area contributed by atoms with E-state index in [9.17, 15) is 21.6 Å². The van der Waals surface area contributed by atoms with Gasteiger partial charge in [-0.05, 0) is 25.5 Å². The molecule has 4 nitrogen and oxygen atoms in total. The maximum Gasteiger partial charge on any atom is 0.413 e. The average Bonchev–Trinajstić information content (AvgIpc) is 2.13. The highest BCUT2D eigenvalue weighted by Crippen LogP contribution is 2.17. The molecule has 0 saturated heterocycles. The minimum atomic E-state index is -4.59. The van der Waals surface area contributed by atoms with Gasteiger partial charge in [-0.1, -0.05) is 22.6 Å². The Labute approximate surface area is 103 Å². The molecule has 1 rings (SSSR count). The third kappa shape index (κ3) is 4.28. The van der Waals surface area contributed by atoms with Gasteiger partial charge in [0.15, 0.2) is 6.61 Å². The van der Waals surface area contributed by atoms with Crippen molar-refractivity contribution in [3.63, 3.8) is 0 Å². The molecular formula is C10H12F3NO3S. The van der Waals surface area contributed by atoms with Crippen molar-refractivity contribution >= 4 is 10.0 Å². The maximum absolute atomic E-state index is 11.8. The van der Waals surface area contributed by atoms with E-state index in [2.05, 4.69) is 4.84 Å². The lowest BCUT2D eigenvalue weighted by atomic mass is 10.2. The number of hydrogen-bond donors (Lipinski definition) is 1. The summed E-state index contributed by atoms with van der Waals surface area (Å²) in [5.41, 5.74) is 1.28. The number of aryl methyl sites for hydroxylation is 2. The summed E-state index contributed by atoms with van der Waals surface area (Å²) >= 11 is 0. The summed E-state index contributed by atoms with van der Waals surface area (Å²) in [7, 11) is -4.10. The Hall–Kier alpha value is -1.12. The van der Waals surface area contributed by atoms with Gasteiger partial charge in [0.05, 0.1) is 4.90 Å². The molecule has 0 bridgehead atoms. The summed E-state index contributed by atoms with van der Waals surface area (Å²) in [5, 5.41) is 0. The smallest absolute Gasteiger partial charge is 0.277 e. The average molecular weight is 283 g/mol. The lowest BCUT2D eigenvalue weighted by molar-refractivity contribution is -0.181. The highest BCUT2D eigenvalue weighted by molar-refractivity contribution is 7.89. The predicted molar refractivity (Wildman–Crippen MR) is 58.2 cm³/mol. The van der Waals surface area contributed by atoms with E-state index < -0.39 is 22.8 Å². The van der Waals surface area contributed by atoms with Gasteiger partial charge in [-0.15, -0.1) is 0 Å². The predicted octanol–water partition coefficient (Wildman–Crippen LogP) is 2.08. The second-order valence-electron chi connectivity index (χ2n) is 3.76. The Morgan fingerprint density at radius 1 is 1.28 bits per heavy atom. The van der Waals surface area contributed by atoms with Crippen molar-refractivity contribution < 1.29 is 26.4 Å². The standard InChI is InChI=1S/C10H12F3NO3S/c1-7-3-4-9(8(2)5-7)18(15,16)14-17-6-10(11,12)13/h3-5,14H,6H2,1-2H3. The molecule has 0 fully saturated rings. The van der Waals surface area contributed by atoms with Crippen LogP contribution in [0.1, 0.15) is 11.1 Å². The fraction of sp³-hybridized carbons (Fsp3) is 0.400. The summed E-state index contributed by atoms with van der Waals surface area (Å²) in [6.45, 7) is 1.64. The first-order valence-corrected chi connectivity index (χ1v) is 6.38. The zero-order valence-corrected chi connectivity index (χ0v) is 10.5. The number of halogens is 3. The number of hydrogen-bond acceptors (Lipinski definition) is 3. The normalized spacial score (nSPS) is 12.7. The topological polar surface area (TPSA) is 55.4 Å². The summed E-state index contributed by atoms with van der Waals surface area (Å²) in [5.74, 6) is 0. The molecule has 1 N–H and O–H groups in total. The van der Waals surface area contributed by atoms with Crippen molar-refractivity contribution in [1.82, 2.24) is 4.89 Å². The summed E-state index contributed by atoms with van der Waals surface area (Å²) in [6.07, 6.45) is -4.59. The summed E-state index contributed by atoms with van der Waals surface area (Å²) in [4.78, 5) is 5.27. The van der Waals surface area contributed by atoms with Crippen molar-refractivity contribution in [2.45, 2.75) is 24.9 Å². The molecule has 1 aromatic rings. The van der Waals surface area contributed by atoms with Crippen LogP contribution in [0.2, 0.25) is 0 Å². The number of sulfonamides is 1. The minimum absolute atomic E-state index is 0.115. The van der Waals surface area contributed by atoms with Crippen molar-refractivity contribution in [2.75, 3.05) is 6.61 Å². The minimum Gasteiger partial charge on any atom is -0.277 e. The molecule has 0 saturated carbocycles. The Balaban J connectivity index is 2.81. The van der Waals surface area contributed by atoms with Crippen LogP contribution >= 0.6 is 0 Å². The Morgan fingerprint density at radius 2 is 1.89 bits per heavy atom. The largest absolute Gasteiger partial charge is 0.413 e. The number of rotatable bonds is 4. The van der Waals surface area contributed by atoms with E-state index in [4.69, 9.17) is 0 Å². The molecule has 18 heavy (non-hydrogen) atoms. The van der Waals surface area contributed by atoms with E-state index in [0.29, 0.717) is 5.56 Å². The molecule has 8 heteroatoms. The molecule has 0 atom stereocenters. The lowest BCUT2D eigenvalue weighted by Gasteiger charge is -2.11. The zero-order chi connectivity index (χ0) is 14.0. The number of nitrogens with one attached hydrogen (secondary N) is 1. The van der Waals surface area contributed by atoms with Gasteiger partial charge in [0.2, 0.25) is 0 Å². The monoisotopic (exact) mass is 283 g/mol. The molecule has 0 amide bonds. The third-order valence-electron chi connectivity index (χ3n) is 2.02. The third-order valence-corrected chi connectivity index (χ3v) is 3.40. The van der Waals surface area contributed by atoms with Gasteiger partial charge in [0.1, 0.15) is 0 Å². The van der Waals surface area contributed by atoms with Crippen molar-refractivity contribution in [2.24, 2.45) is 0 Å². The molecule has 102 valence electrons. The van der Waals surface area contributed by atoms with Crippen molar-refractivity contribution in [1.29, 1.82) is 0 Å². The van der Waals surface area contributed by atoms with Gasteiger partial charge in [0, 0.05) is 0 Å². The maximum atomic E-state index is 11.8. The highest BCUT2D eigenvalue weighted by atomic mass is 32.2. The SMILES string of the molecule is Cc1ccc(S(=O)(=O)NOCC(F)(F)F)c(C)c1. The molecule has 0 unspecified atom stereocenters. The van der Waals surface area contributed by atoms with E-state index >= 15 is 0 Å². The summed E-state index contributed by atoms with van der Waals surface area (Å²) in [6, 6.07) is 4.47. The second kappa shape index (κ2) is 5.25. The Morgan fingerprint density at radius 3 is 2.39 bits per heavy atom. The second-order valence-corrected chi connectivity index (χ2v) is 5.37. The molecule has 0 aromatic heterocycles. The van der Waals surface area contributed by atoms with Crippen LogP contribution in [-0.4, -0.2) is 21.2 Å². The summed E-state index contributed by atoms with van der Waals surface area (Å²) < 4.78 is 58.7. The lowest BCUT2D eigenvalue weighted by Crippen LogP contribution is -2.30. The van der Waals surface area contributed by atoms with Gasteiger partial charge in [-0.25, -0.2) is 8.42 Å². The molecular weight excluding hydrogens is 271 g/mol. The van der Waals surface area contributed by atoms with E-state index in [1.807, 2.05) is 0 Å². The molecule has 1 aromatic carbocycles. The van der Waals surface area contributed by atoms with Crippen molar-refractivity contribution in [3.8, 4) is 0 Å². The van der Waals surface area contributed by atoms with Crippen molar-refractivity contribution in [3.05, 3.63) is 29.3 Å². The van der Waals surface area contributed by atoms with Crippen LogP contribution in [0, 0.1) is 13.8 Å².